The van der Waals surface area contributed by atoms with Gasteiger partial charge in [0.05, 0.1) is 32.8 Å². The van der Waals surface area contributed by atoms with E-state index in [1.165, 1.54) is 12.1 Å². The van der Waals surface area contributed by atoms with E-state index in [1.807, 2.05) is 19.1 Å². The zero-order chi connectivity index (χ0) is 21.4. The van der Waals surface area contributed by atoms with E-state index in [9.17, 15) is 22.6 Å². The van der Waals surface area contributed by atoms with Crippen LogP contribution in [0.1, 0.15) is 11.1 Å². The zero-order valence-electron chi connectivity index (χ0n) is 16.0. The fourth-order valence-corrected chi connectivity index (χ4v) is 4.96. The summed E-state index contributed by atoms with van der Waals surface area (Å²) in [5, 5.41) is 1.16. The van der Waals surface area contributed by atoms with Crippen LogP contribution >= 0.6 is 0 Å². The third-order valence-electron chi connectivity index (χ3n) is 5.61. The Bertz CT molecular complexity index is 1780. The van der Waals surface area contributed by atoms with Crippen molar-refractivity contribution in [3.05, 3.63) is 74.0 Å². The quantitative estimate of drug-likeness (QED) is 0.283. The molecule has 2 aromatic heterocycles. The summed E-state index contributed by atoms with van der Waals surface area (Å²) in [4.78, 5) is 32.4. The van der Waals surface area contributed by atoms with E-state index in [1.54, 1.807) is 25.1 Å². The first-order valence-electron chi connectivity index (χ1n) is 9.19. The smallest absolute Gasteiger partial charge is 0.295 e. The molecule has 8 heteroatoms. The first-order valence-corrected chi connectivity index (χ1v) is 10.6. The predicted octanol–water partition coefficient (Wildman–Crippen LogP) is 3.54. The molecule has 30 heavy (non-hydrogen) atoms. The molecule has 0 radical (unpaired) electrons. The van der Waals surface area contributed by atoms with Crippen LogP contribution in [0.25, 0.3) is 43.6 Å². The van der Waals surface area contributed by atoms with Crippen molar-refractivity contribution >= 4 is 53.7 Å². The maximum Gasteiger partial charge on any atom is 0.295 e. The highest BCUT2D eigenvalue weighted by Crippen LogP contribution is 2.28. The van der Waals surface area contributed by atoms with Gasteiger partial charge in [-0.05, 0) is 49.2 Å². The Morgan fingerprint density at radius 1 is 0.800 bits per heavy atom. The van der Waals surface area contributed by atoms with Crippen molar-refractivity contribution < 1.29 is 13.0 Å². The van der Waals surface area contributed by atoms with Crippen LogP contribution in [0, 0.1) is 13.8 Å². The maximum absolute atomic E-state index is 13.3. The van der Waals surface area contributed by atoms with Crippen LogP contribution in [0.2, 0.25) is 0 Å². The molecule has 0 aliphatic carbocycles. The van der Waals surface area contributed by atoms with E-state index in [4.69, 9.17) is 0 Å². The second-order valence-electron chi connectivity index (χ2n) is 7.41. The summed E-state index contributed by atoms with van der Waals surface area (Å²) in [6.07, 6.45) is 0. The molecule has 2 heterocycles. The number of nitrogens with one attached hydrogen (secondary N) is 2. The second-order valence-corrected chi connectivity index (χ2v) is 8.80. The number of aryl methyl sites for hydroxylation is 2. The number of hydrogen-bond acceptors (Lipinski definition) is 4. The van der Waals surface area contributed by atoms with Crippen molar-refractivity contribution in [2.24, 2.45) is 0 Å². The van der Waals surface area contributed by atoms with Gasteiger partial charge in [-0.25, -0.2) is 0 Å². The van der Waals surface area contributed by atoms with Gasteiger partial charge in [-0.1, -0.05) is 18.2 Å². The third kappa shape index (κ3) is 2.44. The second kappa shape index (κ2) is 6.01. The summed E-state index contributed by atoms with van der Waals surface area (Å²) in [7, 11) is -4.59. The van der Waals surface area contributed by atoms with Crippen LogP contribution < -0.4 is 10.9 Å². The number of H-pyrrole nitrogens is 2. The van der Waals surface area contributed by atoms with Crippen molar-refractivity contribution in [1.82, 2.24) is 9.97 Å². The summed E-state index contributed by atoms with van der Waals surface area (Å²) < 4.78 is 33.2. The van der Waals surface area contributed by atoms with Gasteiger partial charge in [-0.2, -0.15) is 8.42 Å². The molecular formula is C22H16N2O5S. The fraction of sp³-hybridized carbons (Fsp3) is 0.0909. The summed E-state index contributed by atoms with van der Waals surface area (Å²) in [6.45, 7) is 3.57. The lowest BCUT2D eigenvalue weighted by molar-refractivity contribution is 0.484. The molecule has 150 valence electrons. The van der Waals surface area contributed by atoms with Gasteiger partial charge in [-0.15, -0.1) is 0 Å². The van der Waals surface area contributed by atoms with Crippen LogP contribution in [-0.4, -0.2) is 22.9 Å². The summed E-state index contributed by atoms with van der Waals surface area (Å²) in [5.74, 6) is 0. The van der Waals surface area contributed by atoms with E-state index in [2.05, 4.69) is 9.97 Å². The van der Waals surface area contributed by atoms with Crippen molar-refractivity contribution in [3.63, 3.8) is 0 Å². The number of aromatic amines is 2. The fourth-order valence-electron chi connectivity index (χ4n) is 4.25. The number of rotatable bonds is 1. The average molecular weight is 420 g/mol. The lowest BCUT2D eigenvalue weighted by atomic mass is 9.99. The molecule has 5 rings (SSSR count). The number of benzene rings is 3. The van der Waals surface area contributed by atoms with E-state index >= 15 is 0 Å². The average Bonchev–Trinajstić information content (AvgIpc) is 2.68. The molecule has 0 atom stereocenters. The highest BCUT2D eigenvalue weighted by Gasteiger charge is 2.20. The molecule has 0 bridgehead atoms. The largest absolute Gasteiger partial charge is 0.354 e. The van der Waals surface area contributed by atoms with Gasteiger partial charge >= 0.3 is 0 Å². The number of fused-ring (bicyclic) bond motifs is 4. The molecule has 7 nitrogen and oxygen atoms in total. The summed E-state index contributed by atoms with van der Waals surface area (Å²) in [6, 6.07) is 11.3. The molecular weight excluding hydrogens is 404 g/mol. The van der Waals surface area contributed by atoms with Gasteiger partial charge in [0.15, 0.2) is 10.9 Å². The van der Waals surface area contributed by atoms with Gasteiger partial charge < -0.3 is 9.97 Å². The van der Waals surface area contributed by atoms with Gasteiger partial charge in [0, 0.05) is 10.8 Å². The normalized spacial score (nSPS) is 12.4. The van der Waals surface area contributed by atoms with Crippen LogP contribution in [0.5, 0.6) is 0 Å². The number of hydrogen-bond donors (Lipinski definition) is 3. The van der Waals surface area contributed by atoms with Crippen molar-refractivity contribution in [2.45, 2.75) is 18.7 Å². The molecule has 0 amide bonds. The van der Waals surface area contributed by atoms with Crippen LogP contribution in [0.15, 0.2) is 56.9 Å². The van der Waals surface area contributed by atoms with Gasteiger partial charge in [0.25, 0.3) is 10.1 Å². The topological polar surface area (TPSA) is 120 Å². The molecule has 3 N–H and O–H groups in total. The van der Waals surface area contributed by atoms with Gasteiger partial charge in [-0.3, -0.25) is 14.1 Å². The van der Waals surface area contributed by atoms with Gasteiger partial charge in [0.2, 0.25) is 0 Å². The van der Waals surface area contributed by atoms with Crippen molar-refractivity contribution in [3.8, 4) is 0 Å². The molecule has 3 aromatic carbocycles. The van der Waals surface area contributed by atoms with E-state index in [-0.39, 0.29) is 21.7 Å². The molecule has 0 spiro atoms. The van der Waals surface area contributed by atoms with Crippen LogP contribution in [0.3, 0.4) is 0 Å². The van der Waals surface area contributed by atoms with Crippen LogP contribution in [0.4, 0.5) is 0 Å². The summed E-state index contributed by atoms with van der Waals surface area (Å²) in [5.41, 5.74) is 2.55. The molecule has 0 fully saturated rings. The summed E-state index contributed by atoms with van der Waals surface area (Å²) >= 11 is 0. The molecule has 0 saturated carbocycles. The van der Waals surface area contributed by atoms with E-state index < -0.39 is 20.4 Å². The Labute approximate surface area is 169 Å². The third-order valence-corrected chi connectivity index (χ3v) is 6.51. The van der Waals surface area contributed by atoms with Gasteiger partial charge in [0.1, 0.15) is 4.90 Å². The first kappa shape index (κ1) is 18.5. The SMILES string of the molecule is Cc1cccc2[nH]c3c(C)c4c(=O)c5c(S(=O)(=O)O)cccc5[nH]c4cc3c(=O)c12. The Morgan fingerprint density at radius 3 is 2.17 bits per heavy atom. The maximum atomic E-state index is 13.3. The first-order chi connectivity index (χ1) is 14.2. The minimum atomic E-state index is -4.59. The van der Waals surface area contributed by atoms with E-state index in [0.717, 1.165) is 5.56 Å². The molecule has 0 saturated heterocycles. The number of pyridine rings is 2. The highest BCUT2D eigenvalue weighted by atomic mass is 32.2. The molecule has 0 unspecified atom stereocenters. The molecule has 5 aromatic rings. The lowest BCUT2D eigenvalue weighted by Crippen LogP contribution is -2.13. The monoisotopic (exact) mass is 420 g/mol. The lowest BCUT2D eigenvalue weighted by Gasteiger charge is -2.12. The molecule has 0 aliphatic rings. The van der Waals surface area contributed by atoms with E-state index in [0.29, 0.717) is 32.9 Å². The minimum absolute atomic E-state index is 0.117. The molecule has 0 aliphatic heterocycles. The zero-order valence-corrected chi connectivity index (χ0v) is 16.8. The Kier molecular flexibility index (Phi) is 3.71. The Balaban J connectivity index is 2.07. The van der Waals surface area contributed by atoms with Crippen LogP contribution in [-0.2, 0) is 10.1 Å². The predicted molar refractivity (Wildman–Crippen MR) is 117 cm³/mol. The highest BCUT2D eigenvalue weighted by molar-refractivity contribution is 7.86. The minimum Gasteiger partial charge on any atom is -0.354 e. The van der Waals surface area contributed by atoms with Crippen molar-refractivity contribution in [2.75, 3.05) is 0 Å². The number of aromatic nitrogens is 2. The standard InChI is InChI=1S/C22H16N2O5S/c1-10-5-3-6-13-17(10)21(25)12-9-15-18(11(2)20(12)24-13)22(26)19-14(23-15)7-4-8-16(19)30(27,28)29/h3-9H,1-2H3,(H,23,26)(H,24,25)(H,27,28,29). The Hall–Kier alpha value is -3.49. The Morgan fingerprint density at radius 2 is 1.47 bits per heavy atom. The van der Waals surface area contributed by atoms with Crippen molar-refractivity contribution in [1.29, 1.82) is 0 Å².